The molecule has 0 spiro atoms. The van der Waals surface area contributed by atoms with Crippen LogP contribution in [-0.2, 0) is 4.79 Å². The van der Waals surface area contributed by atoms with Gasteiger partial charge in [0.15, 0.2) is 0 Å². The monoisotopic (exact) mass is 254 g/mol. The zero-order valence-corrected chi connectivity index (χ0v) is 10.2. The van der Waals surface area contributed by atoms with Crippen molar-refractivity contribution in [2.24, 2.45) is 0 Å². The molecule has 1 aliphatic rings. The van der Waals surface area contributed by atoms with Gasteiger partial charge in [0.2, 0.25) is 5.91 Å². The fourth-order valence-corrected chi connectivity index (χ4v) is 2.45. The molecule has 1 aromatic carbocycles. The van der Waals surface area contributed by atoms with E-state index in [4.69, 9.17) is 0 Å². The van der Waals surface area contributed by atoms with Gasteiger partial charge in [0.1, 0.15) is 11.6 Å². The molecule has 1 heterocycles. The number of carbonyl (C=O) groups is 1. The predicted octanol–water partition coefficient (Wildman–Crippen LogP) is 1.55. The lowest BCUT2D eigenvalue weighted by molar-refractivity contribution is -0.123. The lowest BCUT2D eigenvalue weighted by atomic mass is 9.85. The number of benzene rings is 1. The molecule has 3 nitrogen and oxygen atoms in total. The van der Waals surface area contributed by atoms with Gasteiger partial charge in [-0.25, -0.2) is 8.78 Å². The maximum atomic E-state index is 13.7. The van der Waals surface area contributed by atoms with Crippen LogP contribution in [0.2, 0.25) is 0 Å². The Morgan fingerprint density at radius 1 is 1.39 bits per heavy atom. The lowest BCUT2D eigenvalue weighted by Crippen LogP contribution is -2.47. The highest BCUT2D eigenvalue weighted by Crippen LogP contribution is 2.31. The number of hydrogen-bond acceptors (Lipinski definition) is 2. The van der Waals surface area contributed by atoms with Gasteiger partial charge in [-0.15, -0.1) is 0 Å². The number of halogens is 2. The Morgan fingerprint density at radius 2 is 2.06 bits per heavy atom. The minimum absolute atomic E-state index is 0.105. The van der Waals surface area contributed by atoms with Crippen LogP contribution in [-0.4, -0.2) is 25.5 Å². The zero-order chi connectivity index (χ0) is 13.1. The van der Waals surface area contributed by atoms with Crippen LogP contribution in [0, 0.1) is 11.6 Å². The van der Waals surface area contributed by atoms with Gasteiger partial charge in [-0.3, -0.25) is 4.79 Å². The summed E-state index contributed by atoms with van der Waals surface area (Å²) in [5, 5.41) is 5.60. The first kappa shape index (κ1) is 13.0. The van der Waals surface area contributed by atoms with Crippen molar-refractivity contribution in [1.29, 1.82) is 0 Å². The Hall–Kier alpha value is -1.49. The van der Waals surface area contributed by atoms with E-state index in [1.165, 1.54) is 18.2 Å². The Balaban J connectivity index is 2.21. The first-order valence-electron chi connectivity index (χ1n) is 6.02. The molecule has 0 bridgehead atoms. The van der Waals surface area contributed by atoms with Gasteiger partial charge in [0, 0.05) is 12.6 Å². The first-order valence-corrected chi connectivity index (χ1v) is 6.02. The smallest absolute Gasteiger partial charge is 0.236 e. The molecule has 2 rings (SSSR count). The number of hydrogen-bond donors (Lipinski definition) is 2. The average molecular weight is 254 g/mol. The summed E-state index contributed by atoms with van der Waals surface area (Å²) < 4.78 is 27.4. The first-order chi connectivity index (χ1) is 8.63. The molecule has 2 unspecified atom stereocenters. The highest BCUT2D eigenvalue weighted by Gasteiger charge is 2.30. The molecule has 0 aliphatic carbocycles. The van der Waals surface area contributed by atoms with E-state index in [0.29, 0.717) is 19.4 Å². The average Bonchev–Trinajstić information content (AvgIpc) is 2.38. The van der Waals surface area contributed by atoms with Crippen molar-refractivity contribution in [3.8, 4) is 0 Å². The van der Waals surface area contributed by atoms with Crippen LogP contribution >= 0.6 is 0 Å². The normalized spacial score (nSPS) is 23.7. The molecule has 1 fully saturated rings. The van der Waals surface area contributed by atoms with Crippen molar-refractivity contribution >= 4 is 5.91 Å². The third kappa shape index (κ3) is 2.51. The number of carbonyl (C=O) groups excluding carboxylic acids is 1. The van der Waals surface area contributed by atoms with Crippen molar-refractivity contribution in [2.75, 3.05) is 13.6 Å². The molecule has 0 radical (unpaired) electrons. The number of piperidine rings is 1. The van der Waals surface area contributed by atoms with Gasteiger partial charge < -0.3 is 10.6 Å². The molecule has 98 valence electrons. The number of nitrogens with one attached hydrogen (secondary N) is 2. The standard InChI is InChI=1S/C13H16F2N2O/c1-16-13(18)11-7-8(5-6-17-11)12-9(14)3-2-4-10(12)15/h2-4,8,11,17H,5-7H2,1H3,(H,16,18). The fourth-order valence-electron chi connectivity index (χ4n) is 2.45. The molecule has 0 saturated carbocycles. The largest absolute Gasteiger partial charge is 0.358 e. The van der Waals surface area contributed by atoms with Crippen LogP contribution in [0.25, 0.3) is 0 Å². The maximum Gasteiger partial charge on any atom is 0.236 e. The molecule has 1 aliphatic heterocycles. The SMILES string of the molecule is CNC(=O)C1CC(c2c(F)cccc2F)CCN1. The minimum atomic E-state index is -0.530. The Bertz CT molecular complexity index is 430. The van der Waals surface area contributed by atoms with Crippen molar-refractivity contribution in [3.63, 3.8) is 0 Å². The summed E-state index contributed by atoms with van der Waals surface area (Å²) in [6.07, 6.45) is 1.04. The third-order valence-corrected chi connectivity index (χ3v) is 3.37. The van der Waals surface area contributed by atoms with E-state index in [2.05, 4.69) is 10.6 Å². The highest BCUT2D eigenvalue weighted by molar-refractivity contribution is 5.81. The molecular weight excluding hydrogens is 238 g/mol. The summed E-state index contributed by atoms with van der Waals surface area (Å²) >= 11 is 0. The summed E-state index contributed by atoms with van der Waals surface area (Å²) in [5.41, 5.74) is 0.105. The molecule has 2 atom stereocenters. The molecule has 2 N–H and O–H groups in total. The van der Waals surface area contributed by atoms with Crippen LogP contribution in [0.3, 0.4) is 0 Å². The molecule has 1 amide bonds. The van der Waals surface area contributed by atoms with E-state index >= 15 is 0 Å². The predicted molar refractivity (Wildman–Crippen MR) is 64.2 cm³/mol. The number of amides is 1. The molecule has 1 saturated heterocycles. The molecule has 0 aromatic heterocycles. The van der Waals surface area contributed by atoms with Crippen molar-refractivity contribution in [2.45, 2.75) is 24.8 Å². The highest BCUT2D eigenvalue weighted by atomic mass is 19.1. The topological polar surface area (TPSA) is 41.1 Å². The van der Waals surface area contributed by atoms with E-state index in [1.807, 2.05) is 0 Å². The Labute approximate surface area is 105 Å². The summed E-state index contributed by atoms with van der Waals surface area (Å²) in [4.78, 5) is 11.6. The second-order valence-electron chi connectivity index (χ2n) is 4.48. The second-order valence-corrected chi connectivity index (χ2v) is 4.48. The van der Waals surface area contributed by atoms with E-state index < -0.39 is 11.6 Å². The van der Waals surface area contributed by atoms with E-state index in [1.54, 1.807) is 7.05 Å². The Kier molecular flexibility index (Phi) is 3.91. The molecule has 5 heteroatoms. The third-order valence-electron chi connectivity index (χ3n) is 3.37. The van der Waals surface area contributed by atoms with E-state index in [9.17, 15) is 13.6 Å². The van der Waals surface area contributed by atoms with Gasteiger partial charge in [-0.05, 0) is 37.4 Å². The zero-order valence-electron chi connectivity index (χ0n) is 10.2. The Morgan fingerprint density at radius 3 is 2.67 bits per heavy atom. The second kappa shape index (κ2) is 5.44. The summed E-state index contributed by atoms with van der Waals surface area (Å²) in [7, 11) is 1.55. The van der Waals surface area contributed by atoms with E-state index in [0.717, 1.165) is 0 Å². The van der Waals surface area contributed by atoms with Crippen LogP contribution in [0.1, 0.15) is 24.3 Å². The quantitative estimate of drug-likeness (QED) is 0.840. The van der Waals surface area contributed by atoms with Gasteiger partial charge in [0.25, 0.3) is 0 Å². The number of rotatable bonds is 2. The van der Waals surface area contributed by atoms with Crippen molar-refractivity contribution < 1.29 is 13.6 Å². The number of likely N-dealkylation sites (N-methyl/N-ethyl adjacent to an activating group) is 1. The van der Waals surface area contributed by atoms with Crippen LogP contribution in [0.15, 0.2) is 18.2 Å². The van der Waals surface area contributed by atoms with Gasteiger partial charge in [0.05, 0.1) is 6.04 Å². The van der Waals surface area contributed by atoms with Gasteiger partial charge in [-0.2, -0.15) is 0 Å². The molecule has 18 heavy (non-hydrogen) atoms. The lowest BCUT2D eigenvalue weighted by Gasteiger charge is -2.29. The van der Waals surface area contributed by atoms with Crippen LogP contribution in [0.4, 0.5) is 8.78 Å². The summed E-state index contributed by atoms with van der Waals surface area (Å²) in [5.74, 6) is -1.46. The van der Waals surface area contributed by atoms with Crippen molar-refractivity contribution in [3.05, 3.63) is 35.4 Å². The van der Waals surface area contributed by atoms with Gasteiger partial charge >= 0.3 is 0 Å². The van der Waals surface area contributed by atoms with E-state index in [-0.39, 0.29) is 23.4 Å². The fraction of sp³-hybridized carbons (Fsp3) is 0.462. The summed E-state index contributed by atoms with van der Waals surface area (Å²) in [6.45, 7) is 0.580. The summed E-state index contributed by atoms with van der Waals surface area (Å²) in [6, 6.07) is 3.49. The molecular formula is C13H16F2N2O. The van der Waals surface area contributed by atoms with Gasteiger partial charge in [-0.1, -0.05) is 6.07 Å². The van der Waals surface area contributed by atoms with Crippen LogP contribution in [0.5, 0.6) is 0 Å². The molecule has 1 aromatic rings. The van der Waals surface area contributed by atoms with Crippen molar-refractivity contribution in [1.82, 2.24) is 10.6 Å². The minimum Gasteiger partial charge on any atom is -0.358 e. The van der Waals surface area contributed by atoms with Crippen LogP contribution < -0.4 is 10.6 Å². The maximum absolute atomic E-state index is 13.7.